The van der Waals surface area contributed by atoms with Gasteiger partial charge >= 0.3 is 0 Å². The van der Waals surface area contributed by atoms with Crippen LogP contribution >= 0.6 is 11.3 Å². The van der Waals surface area contributed by atoms with Crippen LogP contribution in [0, 0.1) is 13.8 Å². The average molecular weight is 227 g/mol. The van der Waals surface area contributed by atoms with Crippen molar-refractivity contribution in [3.05, 3.63) is 21.4 Å². The SMILES string of the molecule is COCCCCNCc1cc(C)c(C)s1. The van der Waals surface area contributed by atoms with Crippen LogP contribution in [0.2, 0.25) is 0 Å². The largest absolute Gasteiger partial charge is 0.385 e. The van der Waals surface area contributed by atoms with E-state index in [0.29, 0.717) is 0 Å². The lowest BCUT2D eigenvalue weighted by Crippen LogP contribution is -2.14. The van der Waals surface area contributed by atoms with Crippen molar-refractivity contribution in [2.45, 2.75) is 33.2 Å². The molecule has 0 aliphatic heterocycles. The van der Waals surface area contributed by atoms with Gasteiger partial charge in [0.2, 0.25) is 0 Å². The second kappa shape index (κ2) is 6.99. The van der Waals surface area contributed by atoms with Crippen LogP contribution in [0.15, 0.2) is 6.07 Å². The van der Waals surface area contributed by atoms with Gasteiger partial charge in [-0.1, -0.05) is 0 Å². The maximum Gasteiger partial charge on any atom is 0.0462 e. The molecule has 1 heterocycles. The minimum Gasteiger partial charge on any atom is -0.385 e. The van der Waals surface area contributed by atoms with E-state index in [4.69, 9.17) is 4.74 Å². The van der Waals surface area contributed by atoms with Crippen molar-refractivity contribution >= 4 is 11.3 Å². The Morgan fingerprint density at radius 1 is 1.33 bits per heavy atom. The van der Waals surface area contributed by atoms with Crippen LogP contribution < -0.4 is 5.32 Å². The molecule has 2 nitrogen and oxygen atoms in total. The standard InChI is InChI=1S/C12H21NOS/c1-10-8-12(15-11(10)2)9-13-6-4-5-7-14-3/h8,13H,4-7,9H2,1-3H3. The van der Waals surface area contributed by atoms with Crippen LogP contribution in [-0.4, -0.2) is 20.3 Å². The summed E-state index contributed by atoms with van der Waals surface area (Å²) in [5.41, 5.74) is 1.41. The Hall–Kier alpha value is -0.380. The summed E-state index contributed by atoms with van der Waals surface area (Å²) in [5.74, 6) is 0. The summed E-state index contributed by atoms with van der Waals surface area (Å²) in [6, 6.07) is 2.28. The fourth-order valence-corrected chi connectivity index (χ4v) is 2.47. The summed E-state index contributed by atoms with van der Waals surface area (Å²) in [6.07, 6.45) is 2.34. The third-order valence-electron chi connectivity index (χ3n) is 2.47. The molecule has 15 heavy (non-hydrogen) atoms. The summed E-state index contributed by atoms with van der Waals surface area (Å²) in [6.45, 7) is 7.32. The van der Waals surface area contributed by atoms with E-state index in [1.54, 1.807) is 7.11 Å². The zero-order valence-corrected chi connectivity index (χ0v) is 10.7. The van der Waals surface area contributed by atoms with Gasteiger partial charge in [-0.15, -0.1) is 11.3 Å². The van der Waals surface area contributed by atoms with Gasteiger partial charge in [-0.25, -0.2) is 0 Å². The monoisotopic (exact) mass is 227 g/mol. The highest BCUT2D eigenvalue weighted by Crippen LogP contribution is 2.20. The topological polar surface area (TPSA) is 21.3 Å². The van der Waals surface area contributed by atoms with E-state index in [2.05, 4.69) is 25.2 Å². The van der Waals surface area contributed by atoms with E-state index in [0.717, 1.165) is 26.1 Å². The molecule has 0 aromatic carbocycles. The van der Waals surface area contributed by atoms with Crippen LogP contribution in [0.3, 0.4) is 0 Å². The molecule has 0 bridgehead atoms. The number of hydrogen-bond donors (Lipinski definition) is 1. The Labute approximate surface area is 96.7 Å². The molecule has 0 unspecified atom stereocenters. The quantitative estimate of drug-likeness (QED) is 0.723. The molecular formula is C12H21NOS. The van der Waals surface area contributed by atoms with Crippen molar-refractivity contribution in [1.29, 1.82) is 0 Å². The Balaban J connectivity index is 2.10. The number of nitrogens with one attached hydrogen (secondary N) is 1. The Morgan fingerprint density at radius 2 is 2.13 bits per heavy atom. The highest BCUT2D eigenvalue weighted by atomic mass is 32.1. The maximum atomic E-state index is 5.00. The first-order chi connectivity index (χ1) is 7.24. The van der Waals surface area contributed by atoms with Crippen molar-refractivity contribution in [1.82, 2.24) is 5.32 Å². The number of methoxy groups -OCH3 is 1. The van der Waals surface area contributed by atoms with E-state index in [1.165, 1.54) is 21.7 Å². The van der Waals surface area contributed by atoms with E-state index >= 15 is 0 Å². The fourth-order valence-electron chi connectivity index (χ4n) is 1.44. The number of ether oxygens (including phenoxy) is 1. The molecule has 0 fully saturated rings. The highest BCUT2D eigenvalue weighted by Gasteiger charge is 2.00. The van der Waals surface area contributed by atoms with Crippen molar-refractivity contribution in [3.63, 3.8) is 0 Å². The van der Waals surface area contributed by atoms with Crippen LogP contribution in [0.1, 0.15) is 28.2 Å². The second-order valence-corrected chi connectivity index (χ2v) is 5.17. The van der Waals surface area contributed by atoms with E-state index in [9.17, 15) is 0 Å². The van der Waals surface area contributed by atoms with Crippen molar-refractivity contribution in [2.24, 2.45) is 0 Å². The molecule has 0 saturated heterocycles. The normalized spacial score (nSPS) is 10.9. The third kappa shape index (κ3) is 4.78. The fraction of sp³-hybridized carbons (Fsp3) is 0.667. The number of aryl methyl sites for hydroxylation is 2. The van der Waals surface area contributed by atoms with E-state index in [-0.39, 0.29) is 0 Å². The molecule has 0 amide bonds. The van der Waals surface area contributed by atoms with Gasteiger partial charge in [-0.05, 0) is 44.9 Å². The summed E-state index contributed by atoms with van der Waals surface area (Å²) in [5, 5.41) is 3.46. The predicted octanol–water partition coefficient (Wildman–Crippen LogP) is 2.88. The maximum absolute atomic E-state index is 5.00. The Kier molecular flexibility index (Phi) is 5.91. The van der Waals surface area contributed by atoms with Crippen LogP contribution in [0.25, 0.3) is 0 Å². The van der Waals surface area contributed by atoms with Gasteiger partial charge < -0.3 is 10.1 Å². The molecule has 0 aliphatic rings. The van der Waals surface area contributed by atoms with Crippen LogP contribution in [0.5, 0.6) is 0 Å². The second-order valence-electron chi connectivity index (χ2n) is 3.83. The molecule has 1 aromatic heterocycles. The number of rotatable bonds is 7. The minimum absolute atomic E-state index is 0.874. The molecule has 3 heteroatoms. The minimum atomic E-state index is 0.874. The first-order valence-corrected chi connectivity index (χ1v) is 6.31. The first kappa shape index (κ1) is 12.7. The molecule has 1 rings (SSSR count). The number of unbranched alkanes of at least 4 members (excludes halogenated alkanes) is 1. The van der Waals surface area contributed by atoms with Gasteiger partial charge in [0.25, 0.3) is 0 Å². The lowest BCUT2D eigenvalue weighted by Gasteiger charge is -2.02. The molecule has 0 spiro atoms. The van der Waals surface area contributed by atoms with Gasteiger partial charge in [0, 0.05) is 30.0 Å². The molecule has 0 aliphatic carbocycles. The molecule has 0 radical (unpaired) electrons. The van der Waals surface area contributed by atoms with Crippen molar-refractivity contribution in [3.8, 4) is 0 Å². The summed E-state index contributed by atoms with van der Waals surface area (Å²) in [7, 11) is 1.75. The average Bonchev–Trinajstić information content (AvgIpc) is 2.52. The predicted molar refractivity (Wildman–Crippen MR) is 66.6 cm³/mol. The summed E-state index contributed by atoms with van der Waals surface area (Å²) >= 11 is 1.90. The molecule has 1 aromatic rings. The zero-order valence-electron chi connectivity index (χ0n) is 9.93. The molecule has 0 atom stereocenters. The lowest BCUT2D eigenvalue weighted by molar-refractivity contribution is 0.192. The van der Waals surface area contributed by atoms with Crippen molar-refractivity contribution < 1.29 is 4.74 Å². The van der Waals surface area contributed by atoms with Crippen molar-refractivity contribution in [2.75, 3.05) is 20.3 Å². The number of hydrogen-bond acceptors (Lipinski definition) is 3. The van der Waals surface area contributed by atoms with Gasteiger partial charge in [-0.3, -0.25) is 0 Å². The first-order valence-electron chi connectivity index (χ1n) is 5.49. The van der Waals surface area contributed by atoms with Gasteiger partial charge in [-0.2, -0.15) is 0 Å². The third-order valence-corrected chi connectivity index (χ3v) is 3.62. The molecule has 1 N–H and O–H groups in total. The molecular weight excluding hydrogens is 206 g/mol. The Bertz CT molecular complexity index is 264. The number of thiophene rings is 1. The zero-order chi connectivity index (χ0) is 11.1. The molecule has 0 saturated carbocycles. The Morgan fingerprint density at radius 3 is 2.73 bits per heavy atom. The van der Waals surface area contributed by atoms with E-state index in [1.807, 2.05) is 11.3 Å². The van der Waals surface area contributed by atoms with Crippen LogP contribution in [-0.2, 0) is 11.3 Å². The van der Waals surface area contributed by atoms with Gasteiger partial charge in [0.05, 0.1) is 0 Å². The summed E-state index contributed by atoms with van der Waals surface area (Å²) in [4.78, 5) is 2.88. The van der Waals surface area contributed by atoms with Gasteiger partial charge in [0.1, 0.15) is 0 Å². The van der Waals surface area contributed by atoms with E-state index < -0.39 is 0 Å². The summed E-state index contributed by atoms with van der Waals surface area (Å²) < 4.78 is 5.00. The highest BCUT2D eigenvalue weighted by molar-refractivity contribution is 7.12. The van der Waals surface area contributed by atoms with Crippen LogP contribution in [0.4, 0.5) is 0 Å². The smallest absolute Gasteiger partial charge is 0.0462 e. The van der Waals surface area contributed by atoms with Gasteiger partial charge in [0.15, 0.2) is 0 Å². The lowest BCUT2D eigenvalue weighted by atomic mass is 10.3. The molecule has 86 valence electrons.